The minimum Gasteiger partial charge on any atom is -0.454 e. The fourth-order valence-electron chi connectivity index (χ4n) is 3.86. The molecule has 1 fully saturated rings. The number of amides is 1. The van der Waals surface area contributed by atoms with Crippen molar-refractivity contribution in [2.24, 2.45) is 0 Å². The summed E-state index contributed by atoms with van der Waals surface area (Å²) in [5.74, 6) is -2.64. The molecule has 1 aliphatic rings. The molecule has 0 bridgehead atoms. The van der Waals surface area contributed by atoms with Gasteiger partial charge in [0.05, 0.1) is 18.8 Å². The molecular weight excluding hydrogens is 428 g/mol. The zero-order valence-corrected chi connectivity index (χ0v) is 18.0. The van der Waals surface area contributed by atoms with Crippen molar-refractivity contribution in [2.45, 2.75) is 25.4 Å². The maximum Gasteiger partial charge on any atom is 0.282 e. The summed E-state index contributed by atoms with van der Waals surface area (Å²) in [6, 6.07) is 14.0. The number of carbonyl (C=O) groups is 1. The minimum atomic E-state index is -2.79. The average molecular weight is 449 g/mol. The standard InChI is InChI=1S/C25H21F2N3O3/c1-24(2,32)21-11-17(7-9-29-21)18-8-10-28-19-12-20(33-22(18)19)15-3-5-16(6-4-15)23(31)30-13-25(26,27)14-30/h3-12,32H,13-14H2,1-2H3. The zero-order chi connectivity index (χ0) is 23.4. The van der Waals surface area contributed by atoms with E-state index in [1.807, 2.05) is 24.3 Å². The number of carbonyl (C=O) groups excluding carboxylic acids is 1. The quantitative estimate of drug-likeness (QED) is 0.481. The fourth-order valence-corrected chi connectivity index (χ4v) is 3.86. The number of benzene rings is 1. The molecule has 33 heavy (non-hydrogen) atoms. The maximum atomic E-state index is 13.1. The first-order valence-electron chi connectivity index (χ1n) is 10.5. The number of fused-ring (bicyclic) bond motifs is 1. The summed E-state index contributed by atoms with van der Waals surface area (Å²) in [6.45, 7) is 2.26. The Balaban J connectivity index is 1.46. The van der Waals surface area contributed by atoms with Gasteiger partial charge in [-0.3, -0.25) is 14.8 Å². The van der Waals surface area contributed by atoms with E-state index in [4.69, 9.17) is 4.42 Å². The molecule has 1 N–H and O–H groups in total. The van der Waals surface area contributed by atoms with Crippen LogP contribution in [0.1, 0.15) is 29.9 Å². The predicted molar refractivity (Wildman–Crippen MR) is 119 cm³/mol. The van der Waals surface area contributed by atoms with E-state index in [1.165, 1.54) is 0 Å². The van der Waals surface area contributed by atoms with E-state index in [1.54, 1.807) is 50.5 Å². The monoisotopic (exact) mass is 449 g/mol. The number of likely N-dealkylation sites (tertiary alicyclic amines) is 1. The van der Waals surface area contributed by atoms with Crippen molar-refractivity contribution in [2.75, 3.05) is 13.1 Å². The SMILES string of the molecule is CC(C)(O)c1cc(-c2ccnc3cc(-c4ccc(C(=O)N5CC(F)(F)C5)cc4)oc23)ccn1. The summed E-state index contributed by atoms with van der Waals surface area (Å²) in [5, 5.41) is 10.3. The van der Waals surface area contributed by atoms with Crippen LogP contribution in [0.3, 0.4) is 0 Å². The number of nitrogens with zero attached hydrogens (tertiary/aromatic N) is 3. The van der Waals surface area contributed by atoms with E-state index in [2.05, 4.69) is 9.97 Å². The number of furan rings is 1. The molecule has 1 amide bonds. The van der Waals surface area contributed by atoms with Crippen LogP contribution in [0.2, 0.25) is 0 Å². The van der Waals surface area contributed by atoms with Gasteiger partial charge in [0.25, 0.3) is 11.8 Å². The van der Waals surface area contributed by atoms with E-state index in [0.29, 0.717) is 28.1 Å². The lowest BCUT2D eigenvalue weighted by Gasteiger charge is -2.38. The number of alkyl halides is 2. The van der Waals surface area contributed by atoms with E-state index in [0.717, 1.165) is 21.6 Å². The molecule has 0 radical (unpaired) electrons. The molecule has 0 spiro atoms. The fraction of sp³-hybridized carbons (Fsp3) is 0.240. The summed E-state index contributed by atoms with van der Waals surface area (Å²) in [5.41, 5.74) is 3.43. The van der Waals surface area contributed by atoms with Crippen molar-refractivity contribution in [3.05, 3.63) is 72.2 Å². The number of pyridine rings is 2. The summed E-state index contributed by atoms with van der Waals surface area (Å²) in [6.07, 6.45) is 3.33. The van der Waals surface area contributed by atoms with Crippen LogP contribution in [-0.4, -0.2) is 44.9 Å². The van der Waals surface area contributed by atoms with Gasteiger partial charge < -0.3 is 14.4 Å². The lowest BCUT2D eigenvalue weighted by molar-refractivity contribution is -0.113. The van der Waals surface area contributed by atoms with E-state index >= 15 is 0 Å². The summed E-state index contributed by atoms with van der Waals surface area (Å²) >= 11 is 0. The van der Waals surface area contributed by atoms with Gasteiger partial charge in [-0.15, -0.1) is 0 Å². The van der Waals surface area contributed by atoms with Gasteiger partial charge in [-0.25, -0.2) is 8.78 Å². The van der Waals surface area contributed by atoms with E-state index in [9.17, 15) is 18.7 Å². The van der Waals surface area contributed by atoms with Crippen molar-refractivity contribution in [1.29, 1.82) is 0 Å². The topological polar surface area (TPSA) is 79.5 Å². The largest absolute Gasteiger partial charge is 0.454 e. The second kappa shape index (κ2) is 7.45. The van der Waals surface area contributed by atoms with Crippen molar-refractivity contribution in [1.82, 2.24) is 14.9 Å². The van der Waals surface area contributed by atoms with Gasteiger partial charge in [-0.05, 0) is 49.7 Å². The molecule has 1 aromatic carbocycles. The molecule has 5 rings (SSSR count). The normalized spacial score (nSPS) is 15.5. The Hall–Kier alpha value is -3.65. The highest BCUT2D eigenvalue weighted by Gasteiger charge is 2.46. The molecule has 0 atom stereocenters. The highest BCUT2D eigenvalue weighted by molar-refractivity contribution is 5.96. The molecule has 1 saturated heterocycles. The molecule has 0 unspecified atom stereocenters. The lowest BCUT2D eigenvalue weighted by atomic mass is 10.00. The van der Waals surface area contributed by atoms with E-state index in [-0.39, 0.29) is 0 Å². The third kappa shape index (κ3) is 3.98. The Labute approximate surface area is 188 Å². The number of halogens is 2. The Kier molecular flexibility index (Phi) is 4.79. The Morgan fingerprint density at radius 3 is 2.39 bits per heavy atom. The summed E-state index contributed by atoms with van der Waals surface area (Å²) < 4.78 is 32.2. The molecule has 6 nitrogen and oxygen atoms in total. The van der Waals surface area contributed by atoms with Gasteiger partial charge >= 0.3 is 0 Å². The molecular formula is C25H21F2N3O3. The Bertz CT molecular complexity index is 1350. The number of aliphatic hydroxyl groups is 1. The van der Waals surface area contributed by atoms with Crippen LogP contribution in [0.25, 0.3) is 33.6 Å². The van der Waals surface area contributed by atoms with Gasteiger partial charge in [0.1, 0.15) is 16.9 Å². The summed E-state index contributed by atoms with van der Waals surface area (Å²) in [4.78, 5) is 22.1. The molecule has 8 heteroatoms. The third-order valence-electron chi connectivity index (χ3n) is 5.66. The summed E-state index contributed by atoms with van der Waals surface area (Å²) in [7, 11) is 0. The molecule has 168 valence electrons. The van der Waals surface area contributed by atoms with Crippen molar-refractivity contribution >= 4 is 17.0 Å². The molecule has 1 aliphatic heterocycles. The average Bonchev–Trinajstić information content (AvgIpc) is 3.21. The van der Waals surface area contributed by atoms with Crippen LogP contribution in [0, 0.1) is 0 Å². The van der Waals surface area contributed by atoms with Gasteiger partial charge in [-0.2, -0.15) is 0 Å². The number of hydrogen-bond donors (Lipinski definition) is 1. The molecule has 3 aromatic heterocycles. The molecule has 0 aliphatic carbocycles. The van der Waals surface area contributed by atoms with Crippen LogP contribution >= 0.6 is 0 Å². The molecule has 0 saturated carbocycles. The maximum absolute atomic E-state index is 13.1. The Morgan fingerprint density at radius 2 is 1.73 bits per heavy atom. The van der Waals surface area contributed by atoms with Crippen LogP contribution in [0.4, 0.5) is 8.78 Å². The van der Waals surface area contributed by atoms with Crippen LogP contribution < -0.4 is 0 Å². The first-order chi connectivity index (χ1) is 15.6. The van der Waals surface area contributed by atoms with Crippen molar-refractivity contribution in [3.8, 4) is 22.5 Å². The van der Waals surface area contributed by atoms with Gasteiger partial charge in [0.15, 0.2) is 5.58 Å². The first kappa shape index (κ1) is 21.2. The Morgan fingerprint density at radius 1 is 1.03 bits per heavy atom. The number of hydrogen-bond acceptors (Lipinski definition) is 5. The van der Waals surface area contributed by atoms with Crippen LogP contribution in [0.15, 0.2) is 65.3 Å². The highest BCUT2D eigenvalue weighted by Crippen LogP contribution is 2.35. The molecule has 4 heterocycles. The second-order valence-electron chi connectivity index (χ2n) is 8.77. The van der Waals surface area contributed by atoms with Gasteiger partial charge in [0, 0.05) is 35.2 Å². The molecule has 4 aromatic rings. The van der Waals surface area contributed by atoms with Gasteiger partial charge in [-0.1, -0.05) is 12.1 Å². The van der Waals surface area contributed by atoms with E-state index < -0.39 is 30.5 Å². The van der Waals surface area contributed by atoms with Crippen molar-refractivity contribution in [3.63, 3.8) is 0 Å². The van der Waals surface area contributed by atoms with Crippen LogP contribution in [0.5, 0.6) is 0 Å². The number of aromatic nitrogens is 2. The number of rotatable bonds is 4. The smallest absolute Gasteiger partial charge is 0.282 e. The zero-order valence-electron chi connectivity index (χ0n) is 18.0. The highest BCUT2D eigenvalue weighted by atomic mass is 19.3. The minimum absolute atomic E-state index is 0.347. The third-order valence-corrected chi connectivity index (χ3v) is 5.66. The second-order valence-corrected chi connectivity index (χ2v) is 8.77. The van der Waals surface area contributed by atoms with Gasteiger partial charge in [0.2, 0.25) is 0 Å². The lowest BCUT2D eigenvalue weighted by Crippen LogP contribution is -2.58. The van der Waals surface area contributed by atoms with Crippen LogP contribution in [-0.2, 0) is 5.60 Å². The predicted octanol–water partition coefficient (Wildman–Crippen LogP) is 4.88. The van der Waals surface area contributed by atoms with Crippen molar-refractivity contribution < 1.29 is 23.1 Å². The first-order valence-corrected chi connectivity index (χ1v) is 10.5.